The molecule has 2 N–H and O–H groups in total. The number of aliphatic carboxylic acids is 1. The van der Waals surface area contributed by atoms with Crippen molar-refractivity contribution in [3.05, 3.63) is 70.3 Å². The van der Waals surface area contributed by atoms with Crippen molar-refractivity contribution in [1.29, 1.82) is 0 Å². The van der Waals surface area contributed by atoms with Crippen LogP contribution in [-0.4, -0.2) is 46.4 Å². The predicted octanol–water partition coefficient (Wildman–Crippen LogP) is 3.25. The van der Waals surface area contributed by atoms with Gasteiger partial charge in [0.1, 0.15) is 11.5 Å². The zero-order valence-electron chi connectivity index (χ0n) is 15.5. The molecule has 0 aromatic heterocycles. The zero-order valence-corrected chi connectivity index (χ0v) is 16.2. The van der Waals surface area contributed by atoms with Crippen LogP contribution in [0.4, 0.5) is 0 Å². The van der Waals surface area contributed by atoms with Gasteiger partial charge in [0, 0.05) is 17.1 Å². The number of aliphatic hydroxyl groups is 1. The molecule has 0 spiro atoms. The van der Waals surface area contributed by atoms with E-state index in [2.05, 4.69) is 0 Å². The molecule has 0 bridgehead atoms. The lowest BCUT2D eigenvalue weighted by atomic mass is 9.95. The third-order valence-corrected chi connectivity index (χ3v) is 4.89. The summed E-state index contributed by atoms with van der Waals surface area (Å²) in [5.74, 6) is -2.71. The van der Waals surface area contributed by atoms with Crippen LogP contribution in [0.1, 0.15) is 23.6 Å². The van der Waals surface area contributed by atoms with Gasteiger partial charge < -0.3 is 19.8 Å². The molecule has 0 saturated carbocycles. The zero-order chi connectivity index (χ0) is 21.1. The van der Waals surface area contributed by atoms with E-state index < -0.39 is 23.7 Å². The van der Waals surface area contributed by atoms with E-state index in [1.807, 2.05) is 0 Å². The van der Waals surface area contributed by atoms with Crippen molar-refractivity contribution in [2.45, 2.75) is 12.5 Å². The van der Waals surface area contributed by atoms with Crippen molar-refractivity contribution in [3.63, 3.8) is 0 Å². The van der Waals surface area contributed by atoms with Crippen LogP contribution >= 0.6 is 11.6 Å². The number of carboxylic acids is 1. The van der Waals surface area contributed by atoms with Gasteiger partial charge in [-0.3, -0.25) is 14.4 Å². The van der Waals surface area contributed by atoms with Crippen LogP contribution in [0.3, 0.4) is 0 Å². The molecule has 0 aliphatic carbocycles. The summed E-state index contributed by atoms with van der Waals surface area (Å²) in [6, 6.07) is 11.9. The molecule has 7 nitrogen and oxygen atoms in total. The minimum Gasteiger partial charge on any atom is -0.507 e. The number of Topliss-reactive ketones (excluding diaryl/α,β-unsaturated/α-hetero) is 1. The van der Waals surface area contributed by atoms with Crippen molar-refractivity contribution in [1.82, 2.24) is 4.90 Å². The van der Waals surface area contributed by atoms with Crippen molar-refractivity contribution in [2.75, 3.05) is 13.7 Å². The van der Waals surface area contributed by atoms with Crippen LogP contribution in [0.5, 0.6) is 5.75 Å². The molecule has 1 saturated heterocycles. The van der Waals surface area contributed by atoms with E-state index in [4.69, 9.17) is 21.4 Å². The number of carbonyl (C=O) groups excluding carboxylic acids is 2. The minimum absolute atomic E-state index is 0.115. The molecule has 2 aromatic carbocycles. The van der Waals surface area contributed by atoms with E-state index in [9.17, 15) is 19.5 Å². The van der Waals surface area contributed by atoms with Gasteiger partial charge in [-0.1, -0.05) is 23.7 Å². The molecule has 3 rings (SSSR count). The summed E-state index contributed by atoms with van der Waals surface area (Å²) in [5.41, 5.74) is 0.721. The quantitative estimate of drug-likeness (QED) is 0.426. The first kappa shape index (κ1) is 20.4. The number of ether oxygens (including phenoxy) is 1. The second kappa shape index (κ2) is 8.36. The molecule has 2 aromatic rings. The number of benzene rings is 2. The highest BCUT2D eigenvalue weighted by molar-refractivity contribution is 6.46. The Hall–Kier alpha value is -3.32. The molecule has 1 aliphatic heterocycles. The monoisotopic (exact) mass is 415 g/mol. The first-order valence-electron chi connectivity index (χ1n) is 8.73. The normalized spacial score (nSPS) is 18.1. The number of ketones is 1. The molecule has 1 heterocycles. The lowest BCUT2D eigenvalue weighted by molar-refractivity contribution is -0.142. The summed E-state index contributed by atoms with van der Waals surface area (Å²) < 4.78 is 5.22. The Labute approximate surface area is 171 Å². The van der Waals surface area contributed by atoms with Gasteiger partial charge in [0.15, 0.2) is 0 Å². The number of halogens is 1. The number of hydrogen-bond acceptors (Lipinski definition) is 5. The Morgan fingerprint density at radius 3 is 2.45 bits per heavy atom. The van der Waals surface area contributed by atoms with E-state index >= 15 is 0 Å². The number of carboxylic acid groups (broad SMARTS) is 1. The standard InChI is InChI=1S/C21H18ClNO6/c1-29-15-4-2-3-13(11-15)18-17(19(26)12-5-7-14(22)8-6-12)20(27)21(28)23(18)10-9-16(24)25/h2-8,11,18,26H,9-10H2,1H3,(H,24,25)/t18-/m0/s1. The number of hydrogen-bond donors (Lipinski definition) is 2. The highest BCUT2D eigenvalue weighted by Gasteiger charge is 2.46. The van der Waals surface area contributed by atoms with E-state index in [0.29, 0.717) is 21.9 Å². The van der Waals surface area contributed by atoms with Gasteiger partial charge in [-0.05, 0) is 42.0 Å². The van der Waals surface area contributed by atoms with E-state index in [1.54, 1.807) is 36.4 Å². The van der Waals surface area contributed by atoms with Crippen LogP contribution in [0.2, 0.25) is 5.02 Å². The summed E-state index contributed by atoms with van der Waals surface area (Å²) in [5, 5.41) is 20.3. The van der Waals surface area contributed by atoms with Gasteiger partial charge in [0.05, 0.1) is 25.1 Å². The van der Waals surface area contributed by atoms with Gasteiger partial charge in [-0.2, -0.15) is 0 Å². The number of amides is 1. The van der Waals surface area contributed by atoms with E-state index in [1.165, 1.54) is 19.2 Å². The number of carbonyl (C=O) groups is 3. The maximum absolute atomic E-state index is 12.8. The Morgan fingerprint density at radius 1 is 1.14 bits per heavy atom. The number of rotatable bonds is 6. The largest absolute Gasteiger partial charge is 0.507 e. The van der Waals surface area contributed by atoms with Crippen LogP contribution in [0.15, 0.2) is 54.1 Å². The Kier molecular flexibility index (Phi) is 5.89. The second-order valence-electron chi connectivity index (χ2n) is 6.42. The van der Waals surface area contributed by atoms with Crippen molar-refractivity contribution < 1.29 is 29.3 Å². The lowest BCUT2D eigenvalue weighted by Gasteiger charge is -2.25. The molecule has 0 radical (unpaired) electrons. The van der Waals surface area contributed by atoms with Crippen LogP contribution in [-0.2, 0) is 14.4 Å². The molecular weight excluding hydrogens is 398 g/mol. The van der Waals surface area contributed by atoms with Crippen LogP contribution in [0, 0.1) is 0 Å². The third-order valence-electron chi connectivity index (χ3n) is 4.63. The van der Waals surface area contributed by atoms with Crippen molar-refractivity contribution in [2.24, 2.45) is 0 Å². The molecule has 8 heteroatoms. The average Bonchev–Trinajstić information content (AvgIpc) is 2.97. The minimum atomic E-state index is -1.10. The third kappa shape index (κ3) is 4.09. The first-order chi connectivity index (χ1) is 13.8. The fourth-order valence-corrected chi connectivity index (χ4v) is 3.37. The summed E-state index contributed by atoms with van der Waals surface area (Å²) in [6.45, 7) is -0.181. The SMILES string of the molecule is COc1cccc([C@H]2C(=C(O)c3ccc(Cl)cc3)C(=O)C(=O)N2CCC(=O)O)c1. The second-order valence-corrected chi connectivity index (χ2v) is 6.86. The first-order valence-corrected chi connectivity index (χ1v) is 9.11. The highest BCUT2D eigenvalue weighted by atomic mass is 35.5. The summed E-state index contributed by atoms with van der Waals surface area (Å²) in [7, 11) is 1.48. The maximum atomic E-state index is 12.8. The van der Waals surface area contributed by atoms with E-state index in [-0.39, 0.29) is 24.3 Å². The molecule has 1 aliphatic rings. The molecule has 1 atom stereocenters. The molecular formula is C21H18ClNO6. The Bertz CT molecular complexity index is 998. The molecule has 1 amide bonds. The fourth-order valence-electron chi connectivity index (χ4n) is 3.25. The average molecular weight is 416 g/mol. The van der Waals surface area contributed by atoms with Crippen LogP contribution in [0.25, 0.3) is 5.76 Å². The van der Waals surface area contributed by atoms with Gasteiger partial charge in [-0.25, -0.2) is 0 Å². The molecule has 29 heavy (non-hydrogen) atoms. The predicted molar refractivity (Wildman–Crippen MR) is 106 cm³/mol. The van der Waals surface area contributed by atoms with E-state index in [0.717, 1.165) is 4.90 Å². The number of nitrogens with zero attached hydrogens (tertiary/aromatic N) is 1. The number of aliphatic hydroxyl groups excluding tert-OH is 1. The summed E-state index contributed by atoms with van der Waals surface area (Å²) >= 11 is 5.88. The summed E-state index contributed by atoms with van der Waals surface area (Å²) in [4.78, 5) is 37.6. The molecule has 0 unspecified atom stereocenters. The molecule has 150 valence electrons. The Morgan fingerprint density at radius 2 is 1.83 bits per heavy atom. The summed E-state index contributed by atoms with van der Waals surface area (Å²) in [6.07, 6.45) is -0.339. The smallest absolute Gasteiger partial charge is 0.305 e. The van der Waals surface area contributed by atoms with Gasteiger partial charge >= 0.3 is 5.97 Å². The molecule has 1 fully saturated rings. The van der Waals surface area contributed by atoms with Crippen molar-refractivity contribution >= 4 is 35.0 Å². The van der Waals surface area contributed by atoms with Gasteiger partial charge in [0.2, 0.25) is 0 Å². The fraction of sp³-hybridized carbons (Fsp3) is 0.190. The number of methoxy groups -OCH3 is 1. The lowest BCUT2D eigenvalue weighted by Crippen LogP contribution is -2.31. The number of likely N-dealkylation sites (tertiary alicyclic amines) is 1. The van der Waals surface area contributed by atoms with Gasteiger partial charge in [0.25, 0.3) is 11.7 Å². The van der Waals surface area contributed by atoms with Crippen LogP contribution < -0.4 is 4.74 Å². The van der Waals surface area contributed by atoms with Gasteiger partial charge in [-0.15, -0.1) is 0 Å². The highest BCUT2D eigenvalue weighted by Crippen LogP contribution is 2.40. The maximum Gasteiger partial charge on any atom is 0.305 e. The van der Waals surface area contributed by atoms with Crippen molar-refractivity contribution in [3.8, 4) is 5.75 Å². The Balaban J connectivity index is 2.16. The topological polar surface area (TPSA) is 104 Å².